The highest BCUT2D eigenvalue weighted by Crippen LogP contribution is 2.31. The Morgan fingerprint density at radius 3 is 1.70 bits per heavy atom. The van der Waals surface area contributed by atoms with Gasteiger partial charge in [-0.15, -0.1) is 0 Å². The van der Waals surface area contributed by atoms with Crippen LogP contribution in [0.3, 0.4) is 0 Å². The first-order chi connectivity index (χ1) is 11.3. The molecule has 0 radical (unpaired) electrons. The van der Waals surface area contributed by atoms with Crippen LogP contribution in [0.1, 0.15) is 25.3 Å². The van der Waals surface area contributed by atoms with Crippen LogP contribution in [-0.4, -0.2) is 9.97 Å². The Labute approximate surface area is 137 Å². The molecule has 0 amide bonds. The Kier molecular flexibility index (Phi) is 4.67. The van der Waals surface area contributed by atoms with Gasteiger partial charge in [-0.05, 0) is 12.8 Å². The molecule has 116 valence electrons. The molecule has 0 aliphatic rings. The Hall–Kier alpha value is -2.68. The monoisotopic (exact) mass is 303 g/mol. The third-order valence-electron chi connectivity index (χ3n) is 3.90. The van der Waals surface area contributed by atoms with E-state index >= 15 is 0 Å². The average molecular weight is 303 g/mol. The number of hydrogen-bond donors (Lipinski definition) is 1. The van der Waals surface area contributed by atoms with Crippen LogP contribution in [0.4, 0.5) is 5.95 Å². The minimum atomic E-state index is 0.322. The summed E-state index contributed by atoms with van der Waals surface area (Å²) in [6.45, 7) is 2.20. The fourth-order valence-electron chi connectivity index (χ4n) is 2.76. The van der Waals surface area contributed by atoms with E-state index in [4.69, 9.17) is 5.73 Å². The van der Waals surface area contributed by atoms with Crippen molar-refractivity contribution < 1.29 is 0 Å². The standard InChI is InChI=1S/C20H21N3/c1-2-3-14-17-18(15-10-6-4-7-11-15)22-20(21)23-19(17)16-12-8-5-9-13-16/h4-13H,2-3,14H2,1H3,(H2,21,22,23). The van der Waals surface area contributed by atoms with Gasteiger partial charge in [-0.3, -0.25) is 0 Å². The molecule has 0 aliphatic carbocycles. The summed E-state index contributed by atoms with van der Waals surface area (Å²) in [5.41, 5.74) is 11.3. The van der Waals surface area contributed by atoms with Gasteiger partial charge in [0, 0.05) is 16.7 Å². The van der Waals surface area contributed by atoms with Crippen molar-refractivity contribution in [1.29, 1.82) is 0 Å². The van der Waals surface area contributed by atoms with Crippen LogP contribution in [0.5, 0.6) is 0 Å². The zero-order valence-corrected chi connectivity index (χ0v) is 13.4. The molecule has 3 rings (SSSR count). The normalized spacial score (nSPS) is 10.7. The van der Waals surface area contributed by atoms with Crippen molar-refractivity contribution in [2.45, 2.75) is 26.2 Å². The van der Waals surface area contributed by atoms with Crippen molar-refractivity contribution in [3.63, 3.8) is 0 Å². The molecule has 3 nitrogen and oxygen atoms in total. The van der Waals surface area contributed by atoms with Gasteiger partial charge in [0.05, 0.1) is 11.4 Å². The van der Waals surface area contributed by atoms with Gasteiger partial charge in [-0.25, -0.2) is 9.97 Å². The van der Waals surface area contributed by atoms with Crippen molar-refractivity contribution in [3.05, 3.63) is 66.2 Å². The largest absolute Gasteiger partial charge is 0.368 e. The van der Waals surface area contributed by atoms with Gasteiger partial charge < -0.3 is 5.73 Å². The molecule has 3 aromatic rings. The fraction of sp³-hybridized carbons (Fsp3) is 0.200. The maximum absolute atomic E-state index is 6.01. The highest BCUT2D eigenvalue weighted by molar-refractivity contribution is 5.74. The van der Waals surface area contributed by atoms with Gasteiger partial charge in [0.25, 0.3) is 0 Å². The average Bonchev–Trinajstić information content (AvgIpc) is 2.61. The molecular formula is C20H21N3. The summed E-state index contributed by atoms with van der Waals surface area (Å²) < 4.78 is 0. The molecule has 2 aromatic carbocycles. The number of anilines is 1. The first-order valence-electron chi connectivity index (χ1n) is 8.07. The molecule has 1 heterocycles. The number of nitrogen functional groups attached to an aromatic ring is 1. The Morgan fingerprint density at radius 1 is 0.783 bits per heavy atom. The van der Waals surface area contributed by atoms with E-state index in [1.54, 1.807) is 0 Å². The summed E-state index contributed by atoms with van der Waals surface area (Å²) in [7, 11) is 0. The third-order valence-corrected chi connectivity index (χ3v) is 3.90. The van der Waals surface area contributed by atoms with Crippen LogP contribution < -0.4 is 5.73 Å². The lowest BCUT2D eigenvalue weighted by Gasteiger charge is -2.14. The zero-order chi connectivity index (χ0) is 16.1. The molecule has 0 spiro atoms. The van der Waals surface area contributed by atoms with Crippen molar-refractivity contribution in [1.82, 2.24) is 9.97 Å². The second-order valence-electron chi connectivity index (χ2n) is 5.59. The Morgan fingerprint density at radius 2 is 1.26 bits per heavy atom. The van der Waals surface area contributed by atoms with E-state index in [0.29, 0.717) is 5.95 Å². The van der Waals surface area contributed by atoms with E-state index in [9.17, 15) is 0 Å². The van der Waals surface area contributed by atoms with Crippen molar-refractivity contribution in [2.75, 3.05) is 5.73 Å². The molecule has 0 atom stereocenters. The lowest BCUT2D eigenvalue weighted by atomic mass is 9.96. The van der Waals surface area contributed by atoms with Crippen LogP contribution >= 0.6 is 0 Å². The van der Waals surface area contributed by atoms with Crippen molar-refractivity contribution in [3.8, 4) is 22.5 Å². The van der Waals surface area contributed by atoms with Crippen LogP contribution in [0.2, 0.25) is 0 Å². The highest BCUT2D eigenvalue weighted by Gasteiger charge is 2.15. The van der Waals surface area contributed by atoms with Crippen molar-refractivity contribution in [2.24, 2.45) is 0 Å². The number of nitrogens with zero attached hydrogens (tertiary/aromatic N) is 2. The molecule has 0 aliphatic heterocycles. The van der Waals surface area contributed by atoms with Crippen LogP contribution in [0, 0.1) is 0 Å². The zero-order valence-electron chi connectivity index (χ0n) is 13.4. The fourth-order valence-corrected chi connectivity index (χ4v) is 2.76. The third kappa shape index (κ3) is 3.39. The molecule has 0 unspecified atom stereocenters. The van der Waals surface area contributed by atoms with E-state index in [0.717, 1.165) is 41.8 Å². The molecule has 0 saturated carbocycles. The van der Waals surface area contributed by atoms with E-state index < -0.39 is 0 Å². The van der Waals surface area contributed by atoms with Gasteiger partial charge in [0.15, 0.2) is 0 Å². The van der Waals surface area contributed by atoms with E-state index in [1.165, 1.54) is 5.56 Å². The predicted octanol–water partition coefficient (Wildman–Crippen LogP) is 4.74. The topological polar surface area (TPSA) is 51.8 Å². The summed E-state index contributed by atoms with van der Waals surface area (Å²) in [6.07, 6.45) is 3.19. The van der Waals surface area contributed by atoms with Crippen LogP contribution in [-0.2, 0) is 6.42 Å². The second-order valence-corrected chi connectivity index (χ2v) is 5.59. The van der Waals surface area contributed by atoms with Gasteiger partial charge in [0.1, 0.15) is 0 Å². The molecule has 23 heavy (non-hydrogen) atoms. The smallest absolute Gasteiger partial charge is 0.221 e. The van der Waals surface area contributed by atoms with Gasteiger partial charge in [-0.2, -0.15) is 0 Å². The number of aromatic nitrogens is 2. The van der Waals surface area contributed by atoms with Crippen molar-refractivity contribution >= 4 is 5.95 Å². The number of nitrogens with two attached hydrogens (primary N) is 1. The van der Waals surface area contributed by atoms with Gasteiger partial charge in [0.2, 0.25) is 5.95 Å². The maximum atomic E-state index is 6.01. The number of benzene rings is 2. The number of hydrogen-bond acceptors (Lipinski definition) is 3. The summed E-state index contributed by atoms with van der Waals surface area (Å²) in [5, 5.41) is 0. The summed E-state index contributed by atoms with van der Waals surface area (Å²) in [4.78, 5) is 9.10. The molecule has 2 N–H and O–H groups in total. The molecule has 3 heteroatoms. The molecule has 0 saturated heterocycles. The molecule has 0 bridgehead atoms. The number of rotatable bonds is 5. The number of unbranched alkanes of at least 4 members (excludes halogenated alkanes) is 1. The van der Waals surface area contributed by atoms with Crippen LogP contribution in [0.15, 0.2) is 60.7 Å². The summed E-state index contributed by atoms with van der Waals surface area (Å²) in [6, 6.07) is 20.4. The molecule has 0 fully saturated rings. The second kappa shape index (κ2) is 7.05. The summed E-state index contributed by atoms with van der Waals surface area (Å²) in [5.74, 6) is 0.322. The lowest BCUT2D eigenvalue weighted by Crippen LogP contribution is -2.05. The Bertz CT molecular complexity index is 707. The summed E-state index contributed by atoms with van der Waals surface area (Å²) >= 11 is 0. The molecular weight excluding hydrogens is 282 g/mol. The first-order valence-corrected chi connectivity index (χ1v) is 8.07. The maximum Gasteiger partial charge on any atom is 0.221 e. The molecule has 1 aromatic heterocycles. The Balaban J connectivity index is 2.21. The highest BCUT2D eigenvalue weighted by atomic mass is 15.0. The van der Waals surface area contributed by atoms with Gasteiger partial charge >= 0.3 is 0 Å². The predicted molar refractivity (Wildman–Crippen MR) is 95.9 cm³/mol. The minimum Gasteiger partial charge on any atom is -0.368 e. The van der Waals surface area contributed by atoms with E-state index in [1.807, 2.05) is 36.4 Å². The minimum absolute atomic E-state index is 0.322. The SMILES string of the molecule is CCCCc1c(-c2ccccc2)nc(N)nc1-c1ccccc1. The van der Waals surface area contributed by atoms with Gasteiger partial charge in [-0.1, -0.05) is 74.0 Å². The first kappa shape index (κ1) is 15.2. The van der Waals surface area contributed by atoms with E-state index in [2.05, 4.69) is 41.2 Å². The quantitative estimate of drug-likeness (QED) is 0.741. The lowest BCUT2D eigenvalue weighted by molar-refractivity contribution is 0.791. The van der Waals surface area contributed by atoms with Crippen LogP contribution in [0.25, 0.3) is 22.5 Å². The van der Waals surface area contributed by atoms with E-state index in [-0.39, 0.29) is 0 Å².